The number of anilines is 1. The van der Waals surface area contributed by atoms with Crippen molar-refractivity contribution in [2.75, 3.05) is 5.32 Å². The molecule has 1 saturated carbocycles. The number of aromatic nitrogens is 5. The molecule has 0 radical (unpaired) electrons. The lowest BCUT2D eigenvalue weighted by atomic mass is 10.0. The van der Waals surface area contributed by atoms with Crippen LogP contribution in [-0.2, 0) is 30.1 Å². The molecule has 192 valence electrons. The maximum atomic E-state index is 14.8. The minimum atomic E-state index is -4.46. The second-order valence-electron chi connectivity index (χ2n) is 8.88. The molecule has 0 unspecified atom stereocenters. The molecular formula is C24H19F4IN6O2. The van der Waals surface area contributed by atoms with Crippen molar-refractivity contribution < 1.29 is 26.9 Å². The number of benzene rings is 1. The monoisotopic (exact) mass is 626 g/mol. The maximum absolute atomic E-state index is 14.8. The number of hydrogen-bond donors (Lipinski definition) is 1. The van der Waals surface area contributed by atoms with Crippen LogP contribution in [0.4, 0.5) is 23.4 Å². The summed E-state index contributed by atoms with van der Waals surface area (Å²) >= 11 is 2.06. The number of halogens is 5. The van der Waals surface area contributed by atoms with E-state index in [0.29, 0.717) is 27.1 Å². The van der Waals surface area contributed by atoms with E-state index in [1.165, 1.54) is 12.1 Å². The summed E-state index contributed by atoms with van der Waals surface area (Å²) in [7, 11) is 1.82. The highest BCUT2D eigenvalue weighted by Gasteiger charge is 2.66. The zero-order valence-corrected chi connectivity index (χ0v) is 21.5. The Hall–Kier alpha value is -3.36. The number of carbonyl (C=O) groups is 1. The Balaban J connectivity index is 1.24. The molecular weight excluding hydrogens is 607 g/mol. The molecule has 1 aromatic carbocycles. The molecule has 0 aliphatic heterocycles. The number of nitrogens with one attached hydrogen (secondary N) is 1. The van der Waals surface area contributed by atoms with Gasteiger partial charge in [0.05, 0.1) is 12.6 Å². The van der Waals surface area contributed by atoms with Crippen LogP contribution in [0.1, 0.15) is 35.6 Å². The van der Waals surface area contributed by atoms with Crippen LogP contribution in [0.5, 0.6) is 0 Å². The maximum Gasteiger partial charge on any atom is 0.401 e. The third-order valence-corrected chi connectivity index (χ3v) is 6.99. The molecule has 0 bridgehead atoms. The first-order valence-corrected chi connectivity index (χ1v) is 12.2. The van der Waals surface area contributed by atoms with Crippen LogP contribution in [0, 0.1) is 9.52 Å². The standard InChI is InChI=1S/C24H19F4IN6O2/c1-35-12-13(10-31-35)6-19-30-11-16(22(29)33-19)14-2-3-15(17(25)7-14)8-21(36)32-20-9-18(37-34-20)23(4-5-23)24(26,27)28/h2-3,7,9-12H,4-6,8H2,1H3,(H,32,34,36). The van der Waals surface area contributed by atoms with Gasteiger partial charge in [-0.3, -0.25) is 9.48 Å². The Morgan fingerprint density at radius 1 is 1.24 bits per heavy atom. The van der Waals surface area contributed by atoms with Crippen molar-refractivity contribution in [3.05, 3.63) is 75.1 Å². The van der Waals surface area contributed by atoms with Gasteiger partial charge in [0.2, 0.25) is 5.91 Å². The minimum absolute atomic E-state index is 0.0894. The fraction of sp³-hybridized carbons (Fsp3) is 0.292. The van der Waals surface area contributed by atoms with E-state index in [1.807, 2.05) is 13.2 Å². The number of aryl methyl sites for hydroxylation is 1. The summed E-state index contributed by atoms with van der Waals surface area (Å²) in [6, 6.07) is 5.49. The summed E-state index contributed by atoms with van der Waals surface area (Å²) in [6.07, 6.45) is 0.775. The average Bonchev–Trinajstić information content (AvgIpc) is 3.37. The first-order valence-electron chi connectivity index (χ1n) is 11.2. The number of amides is 1. The van der Waals surface area contributed by atoms with Gasteiger partial charge in [0, 0.05) is 37.5 Å². The van der Waals surface area contributed by atoms with Gasteiger partial charge in [0.1, 0.15) is 20.8 Å². The summed E-state index contributed by atoms with van der Waals surface area (Å²) in [5, 5.41) is 10.0. The lowest BCUT2D eigenvalue weighted by molar-refractivity contribution is -0.165. The topological polar surface area (TPSA) is 98.7 Å². The molecule has 3 aromatic heterocycles. The van der Waals surface area contributed by atoms with Crippen molar-refractivity contribution in [1.29, 1.82) is 0 Å². The number of carbonyl (C=O) groups excluding carboxylic acids is 1. The molecule has 3 heterocycles. The van der Waals surface area contributed by atoms with Crippen LogP contribution in [0.3, 0.4) is 0 Å². The normalized spacial score (nSPS) is 14.5. The van der Waals surface area contributed by atoms with Crippen LogP contribution >= 0.6 is 22.6 Å². The first kappa shape index (κ1) is 25.3. The highest BCUT2D eigenvalue weighted by Crippen LogP contribution is 2.59. The lowest BCUT2D eigenvalue weighted by Gasteiger charge is -2.14. The highest BCUT2D eigenvalue weighted by molar-refractivity contribution is 14.1. The van der Waals surface area contributed by atoms with Gasteiger partial charge >= 0.3 is 6.18 Å². The Morgan fingerprint density at radius 3 is 2.65 bits per heavy atom. The Kier molecular flexibility index (Phi) is 6.50. The Morgan fingerprint density at radius 2 is 2.03 bits per heavy atom. The predicted octanol–water partition coefficient (Wildman–Crippen LogP) is 4.97. The smallest absolute Gasteiger partial charge is 0.358 e. The van der Waals surface area contributed by atoms with E-state index in [2.05, 4.69) is 48.1 Å². The molecule has 0 saturated heterocycles. The molecule has 1 fully saturated rings. The Labute approximate surface area is 221 Å². The van der Waals surface area contributed by atoms with Gasteiger partial charge in [-0.05, 0) is 58.2 Å². The molecule has 1 aliphatic rings. The SMILES string of the molecule is Cn1cc(Cc2ncc(-c3ccc(CC(=O)Nc4cc(C5(C(F)(F)F)CC5)on4)c(F)c3)c(I)n2)cn1. The zero-order chi connectivity index (χ0) is 26.4. The zero-order valence-electron chi connectivity index (χ0n) is 19.3. The summed E-state index contributed by atoms with van der Waals surface area (Å²) in [5.74, 6) is -1.13. The van der Waals surface area contributed by atoms with Gasteiger partial charge in [-0.25, -0.2) is 14.4 Å². The van der Waals surface area contributed by atoms with Gasteiger partial charge < -0.3 is 9.84 Å². The quantitative estimate of drug-likeness (QED) is 0.177. The molecule has 5 rings (SSSR count). The van der Waals surface area contributed by atoms with Crippen molar-refractivity contribution >= 4 is 34.3 Å². The third kappa shape index (κ3) is 5.22. The van der Waals surface area contributed by atoms with E-state index < -0.39 is 23.3 Å². The molecule has 4 aromatic rings. The minimum Gasteiger partial charge on any atom is -0.358 e. The third-order valence-electron chi connectivity index (χ3n) is 6.17. The molecule has 13 heteroatoms. The summed E-state index contributed by atoms with van der Waals surface area (Å²) in [4.78, 5) is 21.3. The molecule has 0 atom stereocenters. The lowest BCUT2D eigenvalue weighted by Crippen LogP contribution is -2.28. The predicted molar refractivity (Wildman–Crippen MR) is 132 cm³/mol. The largest absolute Gasteiger partial charge is 0.401 e. The fourth-order valence-electron chi connectivity index (χ4n) is 3.99. The Bertz CT molecular complexity index is 1480. The van der Waals surface area contributed by atoms with Crippen LogP contribution < -0.4 is 5.32 Å². The van der Waals surface area contributed by atoms with E-state index >= 15 is 0 Å². The summed E-state index contributed by atoms with van der Waals surface area (Å²) in [6.45, 7) is 0. The van der Waals surface area contributed by atoms with Gasteiger partial charge in [-0.15, -0.1) is 0 Å². The second-order valence-corrected chi connectivity index (χ2v) is 9.90. The summed E-state index contributed by atoms with van der Waals surface area (Å²) in [5.41, 5.74) is 0.224. The first-order chi connectivity index (χ1) is 17.5. The molecule has 1 aliphatic carbocycles. The molecule has 8 nitrogen and oxygen atoms in total. The molecule has 37 heavy (non-hydrogen) atoms. The highest BCUT2D eigenvalue weighted by atomic mass is 127. The van der Waals surface area contributed by atoms with Gasteiger partial charge in [0.15, 0.2) is 11.6 Å². The van der Waals surface area contributed by atoms with Crippen molar-refractivity contribution in [3.63, 3.8) is 0 Å². The molecule has 0 spiro atoms. The summed E-state index contributed by atoms with van der Waals surface area (Å²) < 4.78 is 61.8. The van der Waals surface area contributed by atoms with Crippen molar-refractivity contribution in [2.24, 2.45) is 7.05 Å². The van der Waals surface area contributed by atoms with E-state index in [0.717, 1.165) is 11.6 Å². The van der Waals surface area contributed by atoms with Crippen LogP contribution in [0.2, 0.25) is 0 Å². The second kappa shape index (κ2) is 9.50. The van der Waals surface area contributed by atoms with Crippen molar-refractivity contribution in [2.45, 2.75) is 37.3 Å². The van der Waals surface area contributed by atoms with Crippen LogP contribution in [0.25, 0.3) is 11.1 Å². The van der Waals surface area contributed by atoms with E-state index in [9.17, 15) is 22.4 Å². The van der Waals surface area contributed by atoms with Crippen LogP contribution in [0.15, 0.2) is 47.4 Å². The van der Waals surface area contributed by atoms with Gasteiger partial charge in [-0.1, -0.05) is 17.3 Å². The molecule has 1 N–H and O–H groups in total. The number of hydrogen-bond acceptors (Lipinski definition) is 6. The molecule has 1 amide bonds. The van der Waals surface area contributed by atoms with Crippen molar-refractivity contribution in [3.8, 4) is 11.1 Å². The van der Waals surface area contributed by atoms with E-state index in [-0.39, 0.29) is 36.4 Å². The van der Waals surface area contributed by atoms with E-state index in [4.69, 9.17) is 4.52 Å². The van der Waals surface area contributed by atoms with Crippen molar-refractivity contribution in [1.82, 2.24) is 24.9 Å². The van der Waals surface area contributed by atoms with Gasteiger partial charge in [0.25, 0.3) is 0 Å². The van der Waals surface area contributed by atoms with E-state index in [1.54, 1.807) is 23.1 Å². The van der Waals surface area contributed by atoms with Crippen LogP contribution in [-0.4, -0.2) is 37.0 Å². The fourth-order valence-corrected chi connectivity index (χ4v) is 4.72. The number of alkyl halides is 3. The number of rotatable bonds is 7. The van der Waals surface area contributed by atoms with Gasteiger partial charge in [-0.2, -0.15) is 18.3 Å². The average molecular weight is 626 g/mol. The number of nitrogens with zero attached hydrogens (tertiary/aromatic N) is 5.